The maximum absolute atomic E-state index is 12.6. The largest absolute Gasteiger partial charge is 0.348 e. The average Bonchev–Trinajstić information content (AvgIpc) is 2.50. The van der Waals surface area contributed by atoms with Gasteiger partial charge >= 0.3 is 0 Å². The van der Waals surface area contributed by atoms with E-state index >= 15 is 0 Å². The summed E-state index contributed by atoms with van der Waals surface area (Å²) in [6.45, 7) is 1.86. The van der Waals surface area contributed by atoms with E-state index < -0.39 is 15.1 Å². The van der Waals surface area contributed by atoms with Gasteiger partial charge < -0.3 is 5.32 Å². The van der Waals surface area contributed by atoms with E-state index in [1.165, 1.54) is 12.1 Å². The van der Waals surface area contributed by atoms with Crippen LogP contribution in [-0.4, -0.2) is 18.7 Å². The molecule has 4 nitrogen and oxygen atoms in total. The van der Waals surface area contributed by atoms with Crippen molar-refractivity contribution in [2.75, 3.05) is 5.32 Å². The van der Waals surface area contributed by atoms with Crippen molar-refractivity contribution in [3.8, 4) is 6.07 Å². The molecular formula is C16H13BrN2O2S2. The molecule has 0 radical (unpaired) electrons. The van der Waals surface area contributed by atoms with Crippen LogP contribution in [0.25, 0.3) is 0 Å². The summed E-state index contributed by atoms with van der Waals surface area (Å²) >= 11 is 8.45. The highest BCUT2D eigenvalue weighted by Gasteiger charge is 2.31. The number of hydrogen-bond acceptors (Lipinski definition) is 4. The Hall–Kier alpha value is -1.75. The monoisotopic (exact) mass is 408 g/mol. The molecule has 0 aliphatic carbocycles. The molecule has 0 aliphatic heterocycles. The van der Waals surface area contributed by atoms with Crippen LogP contribution in [0.5, 0.6) is 0 Å². The zero-order chi connectivity index (χ0) is 17.0. The molecule has 0 saturated carbocycles. The number of aryl methyl sites for hydroxylation is 1. The first-order valence-electron chi connectivity index (χ1n) is 6.61. The predicted octanol–water partition coefficient (Wildman–Crippen LogP) is 3.86. The number of nitrogens with zero attached hydrogens (tertiary/aromatic N) is 1. The maximum Gasteiger partial charge on any atom is 0.202 e. The minimum Gasteiger partial charge on any atom is -0.348 e. The minimum atomic E-state index is -3.87. The van der Waals surface area contributed by atoms with Crippen LogP contribution in [0.1, 0.15) is 5.56 Å². The van der Waals surface area contributed by atoms with Crippen LogP contribution in [0.4, 0.5) is 5.69 Å². The third-order valence-electron chi connectivity index (χ3n) is 3.13. The molecule has 0 saturated heterocycles. The number of rotatable bonds is 4. The molecule has 1 N–H and O–H groups in total. The highest BCUT2D eigenvalue weighted by atomic mass is 79.9. The van der Waals surface area contributed by atoms with E-state index in [0.29, 0.717) is 5.69 Å². The molecule has 0 spiro atoms. The van der Waals surface area contributed by atoms with E-state index in [1.807, 2.05) is 6.92 Å². The van der Waals surface area contributed by atoms with E-state index in [1.54, 1.807) is 42.5 Å². The van der Waals surface area contributed by atoms with Crippen LogP contribution >= 0.6 is 28.1 Å². The molecule has 0 bridgehead atoms. The summed E-state index contributed by atoms with van der Waals surface area (Å²) in [6, 6.07) is 15.2. The van der Waals surface area contributed by atoms with Crippen molar-refractivity contribution in [3.05, 3.63) is 58.6 Å². The lowest BCUT2D eigenvalue weighted by atomic mass is 10.2. The number of nitrogens with one attached hydrogen (secondary N) is 1. The molecule has 7 heteroatoms. The van der Waals surface area contributed by atoms with Crippen LogP contribution in [0.2, 0.25) is 0 Å². The molecule has 0 unspecified atom stereocenters. The Bertz CT molecular complexity index is 854. The predicted molar refractivity (Wildman–Crippen MR) is 98.1 cm³/mol. The van der Waals surface area contributed by atoms with Gasteiger partial charge in [-0.3, -0.25) is 0 Å². The van der Waals surface area contributed by atoms with E-state index in [2.05, 4.69) is 21.2 Å². The molecule has 0 aliphatic rings. The average molecular weight is 409 g/mol. The number of hydrogen-bond donors (Lipinski definition) is 1. The Balaban J connectivity index is 2.27. The normalized spacial score (nSPS) is 12.2. The highest BCUT2D eigenvalue weighted by Crippen LogP contribution is 2.20. The Morgan fingerprint density at radius 2 is 1.74 bits per heavy atom. The first kappa shape index (κ1) is 17.6. The fraction of sp³-hybridized carbons (Fsp3) is 0.125. The summed E-state index contributed by atoms with van der Waals surface area (Å²) in [5, 5.41) is 10.7. The zero-order valence-electron chi connectivity index (χ0n) is 12.2. The van der Waals surface area contributed by atoms with Crippen LogP contribution in [0, 0.1) is 18.3 Å². The number of nitriles is 1. The van der Waals surface area contributed by atoms with E-state index in [0.717, 1.165) is 10.0 Å². The van der Waals surface area contributed by atoms with Gasteiger partial charge in [0.05, 0.1) is 11.0 Å². The number of anilines is 1. The summed E-state index contributed by atoms with van der Waals surface area (Å²) in [4.78, 5) is 0.0324. The van der Waals surface area contributed by atoms with E-state index in [9.17, 15) is 13.7 Å². The fourth-order valence-electron chi connectivity index (χ4n) is 1.87. The zero-order valence-corrected chi connectivity index (χ0v) is 15.4. The summed E-state index contributed by atoms with van der Waals surface area (Å²) < 4.78 is 26.1. The number of halogens is 1. The van der Waals surface area contributed by atoms with Crippen molar-refractivity contribution in [2.45, 2.75) is 17.1 Å². The summed E-state index contributed by atoms with van der Waals surface area (Å²) in [7, 11) is -3.87. The van der Waals surface area contributed by atoms with Crippen LogP contribution in [0.3, 0.4) is 0 Å². The van der Waals surface area contributed by atoms with Gasteiger partial charge in [0.2, 0.25) is 15.1 Å². The van der Waals surface area contributed by atoms with Crippen LogP contribution in [0.15, 0.2) is 57.9 Å². The van der Waals surface area contributed by atoms with Crippen molar-refractivity contribution in [1.29, 1.82) is 5.26 Å². The number of thiocarbonyl (C=S) groups is 1. The second-order valence-electron chi connectivity index (χ2n) is 4.86. The third kappa shape index (κ3) is 4.16. The Morgan fingerprint density at radius 3 is 2.26 bits per heavy atom. The minimum absolute atomic E-state index is 0.0459. The molecule has 0 heterocycles. The molecule has 1 atom stereocenters. The topological polar surface area (TPSA) is 70.0 Å². The summed E-state index contributed by atoms with van der Waals surface area (Å²) in [6.07, 6.45) is 0. The van der Waals surface area contributed by atoms with Gasteiger partial charge in [-0.05, 0) is 43.3 Å². The third-order valence-corrected chi connectivity index (χ3v) is 6.03. The molecule has 0 fully saturated rings. The number of benzene rings is 2. The first-order valence-corrected chi connectivity index (χ1v) is 9.36. The Kier molecular flexibility index (Phi) is 5.52. The summed E-state index contributed by atoms with van der Waals surface area (Å²) in [5.41, 5.74) is 1.56. The van der Waals surface area contributed by atoms with Gasteiger partial charge in [-0.2, -0.15) is 5.26 Å². The standard InChI is InChI=1S/C16H13BrN2O2S2/c1-11-2-8-14(9-3-11)23(20,21)15(10-18)16(22)19-13-6-4-12(17)5-7-13/h2-9,15H,1H3,(H,19,22)/t15-/m0/s1. The van der Waals surface area contributed by atoms with Gasteiger partial charge in [0.25, 0.3) is 0 Å². The van der Waals surface area contributed by atoms with Crippen molar-refractivity contribution in [1.82, 2.24) is 0 Å². The van der Waals surface area contributed by atoms with Crippen LogP contribution in [-0.2, 0) is 9.84 Å². The van der Waals surface area contributed by atoms with Crippen molar-refractivity contribution in [2.24, 2.45) is 0 Å². The van der Waals surface area contributed by atoms with Gasteiger partial charge in [-0.15, -0.1) is 0 Å². The molecule has 0 amide bonds. The van der Waals surface area contributed by atoms with Gasteiger partial charge in [0, 0.05) is 10.2 Å². The fourth-order valence-corrected chi connectivity index (χ4v) is 3.96. The number of sulfone groups is 1. The van der Waals surface area contributed by atoms with E-state index in [-0.39, 0.29) is 9.88 Å². The SMILES string of the molecule is Cc1ccc(S(=O)(=O)[C@@H](C#N)C(=S)Nc2ccc(Br)cc2)cc1. The maximum atomic E-state index is 12.6. The summed E-state index contributed by atoms with van der Waals surface area (Å²) in [5.74, 6) is 0. The lowest BCUT2D eigenvalue weighted by molar-refractivity contribution is 0.596. The smallest absolute Gasteiger partial charge is 0.202 e. The van der Waals surface area contributed by atoms with Gasteiger partial charge in [0.15, 0.2) is 0 Å². The quantitative estimate of drug-likeness (QED) is 0.777. The van der Waals surface area contributed by atoms with Crippen molar-refractivity contribution >= 4 is 48.7 Å². The molecule has 2 rings (SSSR count). The van der Waals surface area contributed by atoms with Crippen molar-refractivity contribution < 1.29 is 8.42 Å². The van der Waals surface area contributed by atoms with Gasteiger partial charge in [-0.25, -0.2) is 8.42 Å². The van der Waals surface area contributed by atoms with Crippen molar-refractivity contribution in [3.63, 3.8) is 0 Å². The van der Waals surface area contributed by atoms with Crippen LogP contribution < -0.4 is 5.32 Å². The Labute approximate surface area is 149 Å². The van der Waals surface area contributed by atoms with E-state index in [4.69, 9.17) is 12.2 Å². The second-order valence-corrected chi connectivity index (χ2v) is 8.25. The molecule has 118 valence electrons. The lowest BCUT2D eigenvalue weighted by Crippen LogP contribution is -2.32. The molecule has 23 heavy (non-hydrogen) atoms. The molecular weight excluding hydrogens is 396 g/mol. The molecule has 0 aromatic heterocycles. The highest BCUT2D eigenvalue weighted by molar-refractivity contribution is 9.10. The molecule has 2 aromatic rings. The second kappa shape index (κ2) is 7.21. The molecule has 2 aromatic carbocycles. The lowest BCUT2D eigenvalue weighted by Gasteiger charge is -2.14. The van der Waals surface area contributed by atoms with Gasteiger partial charge in [-0.1, -0.05) is 45.8 Å². The first-order chi connectivity index (χ1) is 10.8. The van der Waals surface area contributed by atoms with Gasteiger partial charge in [0.1, 0.15) is 4.99 Å². The Morgan fingerprint density at radius 1 is 1.17 bits per heavy atom.